The Labute approximate surface area is 154 Å². The summed E-state index contributed by atoms with van der Waals surface area (Å²) in [7, 11) is 0. The predicted octanol–water partition coefficient (Wildman–Crippen LogP) is 3.63. The van der Waals surface area contributed by atoms with Gasteiger partial charge in [0, 0.05) is 36.7 Å². The van der Waals surface area contributed by atoms with E-state index in [1.807, 2.05) is 19.1 Å². The summed E-state index contributed by atoms with van der Waals surface area (Å²) in [6, 6.07) is 9.67. The Morgan fingerprint density at radius 1 is 1.19 bits per heavy atom. The highest BCUT2D eigenvalue weighted by atomic mass is 16.1. The molecule has 3 rings (SSSR count). The Hall–Kier alpha value is -2.89. The number of piperidine rings is 1. The van der Waals surface area contributed by atoms with Crippen molar-refractivity contribution in [2.24, 2.45) is 0 Å². The number of anilines is 3. The number of hydrogen-bond acceptors (Lipinski definition) is 5. The van der Waals surface area contributed by atoms with Crippen LogP contribution in [0, 0.1) is 6.92 Å². The van der Waals surface area contributed by atoms with Crippen LogP contribution in [0.15, 0.2) is 43.0 Å². The van der Waals surface area contributed by atoms with Crippen molar-refractivity contribution in [2.75, 3.05) is 35.2 Å². The summed E-state index contributed by atoms with van der Waals surface area (Å²) in [5.41, 5.74) is 3.03. The zero-order valence-corrected chi connectivity index (χ0v) is 15.2. The van der Waals surface area contributed by atoms with Crippen LogP contribution in [-0.2, 0) is 0 Å². The van der Waals surface area contributed by atoms with Gasteiger partial charge in [-0.1, -0.05) is 6.08 Å². The van der Waals surface area contributed by atoms with Gasteiger partial charge >= 0.3 is 0 Å². The molecule has 1 aromatic carbocycles. The molecule has 0 bridgehead atoms. The molecule has 26 heavy (non-hydrogen) atoms. The quantitative estimate of drug-likeness (QED) is 0.778. The van der Waals surface area contributed by atoms with Gasteiger partial charge in [-0.2, -0.15) is 0 Å². The molecule has 1 amide bonds. The van der Waals surface area contributed by atoms with E-state index in [-0.39, 0.29) is 5.91 Å². The molecule has 0 aliphatic carbocycles. The summed E-state index contributed by atoms with van der Waals surface area (Å²) in [6.45, 7) is 8.24. The molecular formula is C20H25N5O. The van der Waals surface area contributed by atoms with Gasteiger partial charge in [0.1, 0.15) is 5.69 Å². The van der Waals surface area contributed by atoms with Crippen molar-refractivity contribution < 1.29 is 4.79 Å². The molecule has 1 fully saturated rings. The minimum atomic E-state index is -0.247. The number of rotatable bonds is 6. The van der Waals surface area contributed by atoms with E-state index in [4.69, 9.17) is 0 Å². The highest BCUT2D eigenvalue weighted by Gasteiger charge is 2.13. The number of carbonyl (C=O) groups excluding carboxylic acids is 1. The van der Waals surface area contributed by atoms with Crippen LogP contribution in [0.4, 0.5) is 17.3 Å². The Morgan fingerprint density at radius 3 is 2.62 bits per heavy atom. The average Bonchev–Trinajstić information content (AvgIpc) is 2.67. The maximum atomic E-state index is 12.5. The number of benzene rings is 1. The number of carbonyl (C=O) groups is 1. The molecule has 6 heteroatoms. The molecule has 1 saturated heterocycles. The molecule has 2 aromatic rings. The molecule has 136 valence electrons. The predicted molar refractivity (Wildman–Crippen MR) is 106 cm³/mol. The van der Waals surface area contributed by atoms with Crippen molar-refractivity contribution in [3.63, 3.8) is 0 Å². The van der Waals surface area contributed by atoms with Crippen LogP contribution in [0.1, 0.15) is 35.4 Å². The molecule has 1 aliphatic heterocycles. The molecule has 0 spiro atoms. The molecular weight excluding hydrogens is 326 g/mol. The molecule has 2 N–H and O–H groups in total. The average molecular weight is 351 g/mol. The molecule has 2 heterocycles. The number of amides is 1. The fourth-order valence-electron chi connectivity index (χ4n) is 3.03. The lowest BCUT2D eigenvalue weighted by atomic mass is 10.1. The van der Waals surface area contributed by atoms with Gasteiger partial charge in [0.05, 0.1) is 0 Å². The fraction of sp³-hybridized carbons (Fsp3) is 0.350. The van der Waals surface area contributed by atoms with Crippen LogP contribution in [0.3, 0.4) is 0 Å². The third-order valence-corrected chi connectivity index (χ3v) is 4.34. The van der Waals surface area contributed by atoms with Gasteiger partial charge < -0.3 is 15.5 Å². The molecule has 6 nitrogen and oxygen atoms in total. The zero-order chi connectivity index (χ0) is 18.4. The Kier molecular flexibility index (Phi) is 5.84. The summed E-state index contributed by atoms with van der Waals surface area (Å²) in [6.07, 6.45) is 5.52. The van der Waals surface area contributed by atoms with Gasteiger partial charge in [-0.25, -0.2) is 9.97 Å². The van der Waals surface area contributed by atoms with Crippen molar-refractivity contribution in [1.29, 1.82) is 0 Å². The normalized spacial score (nSPS) is 14.0. The second-order valence-corrected chi connectivity index (χ2v) is 6.44. The van der Waals surface area contributed by atoms with E-state index in [9.17, 15) is 4.79 Å². The standard InChI is InChI=1S/C20H25N5O/c1-3-11-21-20-22-15(2)14-18(24-20)19(26)23-16-7-9-17(10-8-16)25-12-5-4-6-13-25/h3,7-10,14H,1,4-6,11-13H2,2H3,(H,23,26)(H,21,22,24). The minimum absolute atomic E-state index is 0.247. The Bertz CT molecular complexity index is 766. The van der Waals surface area contributed by atoms with E-state index < -0.39 is 0 Å². The smallest absolute Gasteiger partial charge is 0.274 e. The van der Waals surface area contributed by atoms with Crippen molar-refractivity contribution in [2.45, 2.75) is 26.2 Å². The van der Waals surface area contributed by atoms with E-state index >= 15 is 0 Å². The van der Waals surface area contributed by atoms with E-state index in [2.05, 4.69) is 44.2 Å². The third kappa shape index (κ3) is 4.59. The van der Waals surface area contributed by atoms with Crippen molar-refractivity contribution in [1.82, 2.24) is 9.97 Å². The SMILES string of the molecule is C=CCNc1nc(C)cc(C(=O)Nc2ccc(N3CCCCC3)cc2)n1. The van der Waals surface area contributed by atoms with Crippen LogP contribution in [-0.4, -0.2) is 35.5 Å². The van der Waals surface area contributed by atoms with Crippen LogP contribution in [0.2, 0.25) is 0 Å². The molecule has 0 unspecified atom stereocenters. The largest absolute Gasteiger partial charge is 0.372 e. The number of nitrogens with zero attached hydrogens (tertiary/aromatic N) is 3. The van der Waals surface area contributed by atoms with Crippen LogP contribution in [0.25, 0.3) is 0 Å². The third-order valence-electron chi connectivity index (χ3n) is 4.34. The molecule has 1 aliphatic rings. The van der Waals surface area contributed by atoms with Crippen LogP contribution >= 0.6 is 0 Å². The first-order valence-corrected chi connectivity index (χ1v) is 9.02. The monoisotopic (exact) mass is 351 g/mol. The summed E-state index contributed by atoms with van der Waals surface area (Å²) in [4.78, 5) is 23.4. The van der Waals surface area contributed by atoms with Gasteiger partial charge in [0.15, 0.2) is 0 Å². The van der Waals surface area contributed by atoms with Crippen molar-refractivity contribution >= 4 is 23.2 Å². The summed E-state index contributed by atoms with van der Waals surface area (Å²) < 4.78 is 0. The lowest BCUT2D eigenvalue weighted by Gasteiger charge is -2.28. The second kappa shape index (κ2) is 8.47. The number of nitrogens with one attached hydrogen (secondary N) is 2. The molecule has 0 atom stereocenters. The summed E-state index contributed by atoms with van der Waals surface area (Å²) >= 11 is 0. The topological polar surface area (TPSA) is 70.2 Å². The minimum Gasteiger partial charge on any atom is -0.372 e. The first-order valence-electron chi connectivity index (χ1n) is 9.02. The molecule has 1 aromatic heterocycles. The van der Waals surface area contributed by atoms with E-state index in [1.54, 1.807) is 12.1 Å². The zero-order valence-electron chi connectivity index (χ0n) is 15.2. The van der Waals surface area contributed by atoms with Gasteiger partial charge in [0.2, 0.25) is 5.95 Å². The second-order valence-electron chi connectivity index (χ2n) is 6.44. The molecule has 0 saturated carbocycles. The number of aromatic nitrogens is 2. The number of aryl methyl sites for hydroxylation is 1. The van der Waals surface area contributed by atoms with Crippen LogP contribution < -0.4 is 15.5 Å². The van der Waals surface area contributed by atoms with Crippen LogP contribution in [0.5, 0.6) is 0 Å². The first kappa shape index (κ1) is 17.9. The van der Waals surface area contributed by atoms with Crippen molar-refractivity contribution in [3.05, 3.63) is 54.4 Å². The first-order chi connectivity index (χ1) is 12.7. The fourth-order valence-corrected chi connectivity index (χ4v) is 3.03. The van der Waals surface area contributed by atoms with Gasteiger partial charge in [-0.05, 0) is 56.5 Å². The lowest BCUT2D eigenvalue weighted by Crippen LogP contribution is -2.29. The highest BCUT2D eigenvalue weighted by Crippen LogP contribution is 2.22. The maximum Gasteiger partial charge on any atom is 0.274 e. The summed E-state index contributed by atoms with van der Waals surface area (Å²) in [5, 5.41) is 5.92. The highest BCUT2D eigenvalue weighted by molar-refractivity contribution is 6.03. The van der Waals surface area contributed by atoms with Gasteiger partial charge in [0.25, 0.3) is 5.91 Å². The molecule has 0 radical (unpaired) electrons. The summed E-state index contributed by atoms with van der Waals surface area (Å²) in [5.74, 6) is 0.179. The van der Waals surface area contributed by atoms with E-state index in [1.165, 1.54) is 24.9 Å². The van der Waals surface area contributed by atoms with E-state index in [0.29, 0.717) is 18.2 Å². The Morgan fingerprint density at radius 2 is 1.92 bits per heavy atom. The van der Waals surface area contributed by atoms with Gasteiger partial charge in [-0.3, -0.25) is 4.79 Å². The van der Waals surface area contributed by atoms with Gasteiger partial charge in [-0.15, -0.1) is 6.58 Å². The van der Waals surface area contributed by atoms with Crippen molar-refractivity contribution in [3.8, 4) is 0 Å². The van der Waals surface area contributed by atoms with E-state index in [0.717, 1.165) is 24.5 Å². The maximum absolute atomic E-state index is 12.5. The Balaban J connectivity index is 1.67. The number of hydrogen-bond donors (Lipinski definition) is 2. The lowest BCUT2D eigenvalue weighted by molar-refractivity contribution is 0.102.